The molecule has 0 bridgehead atoms. The first kappa shape index (κ1) is 14.4. The highest BCUT2D eigenvalue weighted by molar-refractivity contribution is 5.29. The fourth-order valence-electron chi connectivity index (χ4n) is 3.80. The van der Waals surface area contributed by atoms with Crippen LogP contribution in [-0.2, 0) is 0 Å². The first-order valence-corrected chi connectivity index (χ1v) is 7.26. The summed E-state index contributed by atoms with van der Waals surface area (Å²) >= 11 is 0. The maximum absolute atomic E-state index is 13.4. The Morgan fingerprint density at radius 2 is 1.68 bits per heavy atom. The molecule has 106 valence electrons. The van der Waals surface area contributed by atoms with Crippen LogP contribution in [0.3, 0.4) is 0 Å². The molecule has 0 heterocycles. The molecule has 1 saturated carbocycles. The zero-order chi connectivity index (χ0) is 14.0. The van der Waals surface area contributed by atoms with Crippen molar-refractivity contribution in [2.75, 3.05) is 6.54 Å². The molecular weight excluding hydrogens is 244 g/mol. The number of nitrogens with one attached hydrogen (secondary N) is 1. The smallest absolute Gasteiger partial charge is 0.126 e. The fraction of sp³-hybridized carbons (Fsp3) is 0.625. The summed E-state index contributed by atoms with van der Waals surface area (Å²) < 4.78 is 26.8. The van der Waals surface area contributed by atoms with Crippen LogP contribution in [0.1, 0.15) is 51.5 Å². The summed E-state index contributed by atoms with van der Waals surface area (Å²) in [5.74, 6) is -0.678. The zero-order valence-electron chi connectivity index (χ0n) is 12.0. The Labute approximate surface area is 114 Å². The van der Waals surface area contributed by atoms with E-state index in [4.69, 9.17) is 0 Å². The normalized spacial score (nSPS) is 25.1. The molecule has 1 aromatic rings. The van der Waals surface area contributed by atoms with Gasteiger partial charge in [0, 0.05) is 12.1 Å². The summed E-state index contributed by atoms with van der Waals surface area (Å²) in [6.07, 6.45) is 3.03. The fourth-order valence-corrected chi connectivity index (χ4v) is 3.80. The van der Waals surface area contributed by atoms with Crippen LogP contribution < -0.4 is 5.32 Å². The van der Waals surface area contributed by atoms with E-state index in [0.29, 0.717) is 6.04 Å². The molecule has 1 N–H and O–H groups in total. The van der Waals surface area contributed by atoms with Crippen molar-refractivity contribution in [2.45, 2.75) is 52.0 Å². The predicted molar refractivity (Wildman–Crippen MR) is 74.2 cm³/mol. The lowest BCUT2D eigenvalue weighted by atomic mass is 9.52. The van der Waals surface area contributed by atoms with Crippen LogP contribution in [0.4, 0.5) is 8.78 Å². The second-order valence-electron chi connectivity index (χ2n) is 5.54. The average Bonchev–Trinajstić information content (AvgIpc) is 2.34. The van der Waals surface area contributed by atoms with Gasteiger partial charge < -0.3 is 5.32 Å². The average molecular weight is 267 g/mol. The van der Waals surface area contributed by atoms with Gasteiger partial charge in [0.2, 0.25) is 0 Å². The third-order valence-electron chi connectivity index (χ3n) is 4.91. The standard InChI is InChI=1S/C16H23F2N/c1-4-16(5-2)14(10-15(16)19-6-3)11-7-12(17)9-13(18)8-11/h7-9,14-15,19H,4-6,10H2,1-3H3. The number of hydrogen-bond acceptors (Lipinski definition) is 1. The lowest BCUT2D eigenvalue weighted by Crippen LogP contribution is -2.58. The predicted octanol–water partition coefficient (Wildman–Crippen LogP) is 4.24. The van der Waals surface area contributed by atoms with Crippen LogP contribution in [-0.4, -0.2) is 12.6 Å². The molecule has 1 aliphatic carbocycles. The second-order valence-corrected chi connectivity index (χ2v) is 5.54. The van der Waals surface area contributed by atoms with Gasteiger partial charge in [0.25, 0.3) is 0 Å². The van der Waals surface area contributed by atoms with Crippen LogP contribution in [0, 0.1) is 17.0 Å². The van der Waals surface area contributed by atoms with Crippen molar-refractivity contribution in [3.05, 3.63) is 35.4 Å². The highest BCUT2D eigenvalue weighted by atomic mass is 19.1. The van der Waals surface area contributed by atoms with Crippen molar-refractivity contribution in [1.82, 2.24) is 5.32 Å². The van der Waals surface area contributed by atoms with Crippen LogP contribution in [0.25, 0.3) is 0 Å². The summed E-state index contributed by atoms with van der Waals surface area (Å²) in [6.45, 7) is 7.40. The largest absolute Gasteiger partial charge is 0.314 e. The maximum atomic E-state index is 13.4. The molecular formula is C16H23F2N. The Hall–Kier alpha value is -0.960. The highest BCUT2D eigenvalue weighted by Crippen LogP contribution is 2.57. The van der Waals surface area contributed by atoms with Crippen LogP contribution in [0.2, 0.25) is 0 Å². The third kappa shape index (κ3) is 2.40. The topological polar surface area (TPSA) is 12.0 Å². The molecule has 2 unspecified atom stereocenters. The maximum Gasteiger partial charge on any atom is 0.126 e. The number of hydrogen-bond donors (Lipinski definition) is 1. The molecule has 1 aromatic carbocycles. The Bertz CT molecular complexity index is 420. The van der Waals surface area contributed by atoms with Crippen molar-refractivity contribution in [2.24, 2.45) is 5.41 Å². The minimum absolute atomic E-state index is 0.135. The van der Waals surface area contributed by atoms with Gasteiger partial charge in [0.15, 0.2) is 0 Å². The number of rotatable bonds is 5. The van der Waals surface area contributed by atoms with Crippen molar-refractivity contribution in [3.8, 4) is 0 Å². The van der Waals surface area contributed by atoms with Gasteiger partial charge in [-0.2, -0.15) is 0 Å². The Morgan fingerprint density at radius 3 is 2.16 bits per heavy atom. The molecule has 2 atom stereocenters. The lowest BCUT2D eigenvalue weighted by molar-refractivity contribution is 0.0207. The van der Waals surface area contributed by atoms with E-state index in [1.54, 1.807) is 0 Å². The van der Waals surface area contributed by atoms with Gasteiger partial charge >= 0.3 is 0 Å². The van der Waals surface area contributed by atoms with Crippen molar-refractivity contribution in [1.29, 1.82) is 0 Å². The summed E-state index contributed by atoms with van der Waals surface area (Å²) in [5.41, 5.74) is 0.950. The molecule has 0 radical (unpaired) electrons. The van der Waals surface area contributed by atoms with Gasteiger partial charge in [-0.25, -0.2) is 8.78 Å². The second kappa shape index (κ2) is 5.58. The quantitative estimate of drug-likeness (QED) is 0.841. The van der Waals surface area contributed by atoms with Crippen molar-refractivity contribution < 1.29 is 8.78 Å². The Balaban J connectivity index is 2.29. The van der Waals surface area contributed by atoms with Gasteiger partial charge in [-0.15, -0.1) is 0 Å². The van der Waals surface area contributed by atoms with E-state index in [1.807, 2.05) is 0 Å². The first-order chi connectivity index (χ1) is 9.07. The SMILES string of the molecule is CCNC1CC(c2cc(F)cc(F)c2)C1(CC)CC. The van der Waals surface area contributed by atoms with E-state index in [0.717, 1.165) is 37.4 Å². The van der Waals surface area contributed by atoms with E-state index in [2.05, 4.69) is 26.1 Å². The summed E-state index contributed by atoms with van der Waals surface area (Å²) in [6, 6.07) is 4.40. The molecule has 0 saturated heterocycles. The molecule has 1 nitrogen and oxygen atoms in total. The van der Waals surface area contributed by atoms with Gasteiger partial charge in [-0.1, -0.05) is 20.8 Å². The van der Waals surface area contributed by atoms with Crippen molar-refractivity contribution >= 4 is 0 Å². The van der Waals surface area contributed by atoms with Crippen LogP contribution in [0.15, 0.2) is 18.2 Å². The Kier molecular flexibility index (Phi) is 4.24. The molecule has 0 aromatic heterocycles. The van der Waals surface area contributed by atoms with Gasteiger partial charge in [-0.05, 0) is 54.8 Å². The number of halogens is 2. The van der Waals surface area contributed by atoms with E-state index in [9.17, 15) is 8.78 Å². The van der Waals surface area contributed by atoms with Gasteiger partial charge in [0.1, 0.15) is 11.6 Å². The zero-order valence-corrected chi connectivity index (χ0v) is 12.0. The summed E-state index contributed by atoms with van der Waals surface area (Å²) in [7, 11) is 0. The Morgan fingerprint density at radius 1 is 1.11 bits per heavy atom. The summed E-state index contributed by atoms with van der Waals surface area (Å²) in [4.78, 5) is 0. The van der Waals surface area contributed by atoms with E-state index >= 15 is 0 Å². The first-order valence-electron chi connectivity index (χ1n) is 7.26. The molecule has 1 aliphatic rings. The monoisotopic (exact) mass is 267 g/mol. The van der Waals surface area contributed by atoms with Crippen molar-refractivity contribution in [3.63, 3.8) is 0 Å². The molecule has 0 spiro atoms. The number of benzene rings is 1. The van der Waals surface area contributed by atoms with E-state index < -0.39 is 11.6 Å². The van der Waals surface area contributed by atoms with Crippen LogP contribution >= 0.6 is 0 Å². The molecule has 19 heavy (non-hydrogen) atoms. The molecule has 3 heteroatoms. The van der Waals surface area contributed by atoms with E-state index in [1.165, 1.54) is 12.1 Å². The lowest BCUT2D eigenvalue weighted by Gasteiger charge is -2.56. The molecule has 0 amide bonds. The van der Waals surface area contributed by atoms with Gasteiger partial charge in [-0.3, -0.25) is 0 Å². The minimum atomic E-state index is -0.469. The molecule has 1 fully saturated rings. The third-order valence-corrected chi connectivity index (χ3v) is 4.91. The van der Waals surface area contributed by atoms with Crippen LogP contribution in [0.5, 0.6) is 0 Å². The molecule has 0 aliphatic heterocycles. The van der Waals surface area contributed by atoms with Gasteiger partial charge in [0.05, 0.1) is 0 Å². The van der Waals surface area contributed by atoms with E-state index in [-0.39, 0.29) is 11.3 Å². The minimum Gasteiger partial charge on any atom is -0.314 e. The summed E-state index contributed by atoms with van der Waals surface area (Å²) in [5, 5.41) is 3.52. The molecule has 2 rings (SSSR count). The highest BCUT2D eigenvalue weighted by Gasteiger charge is 2.52.